The molecule has 0 saturated carbocycles. The largest absolute Gasteiger partial charge is 0.493 e. The minimum atomic E-state index is -0.207. The van der Waals surface area contributed by atoms with Gasteiger partial charge in [-0.05, 0) is 32.4 Å². The Morgan fingerprint density at radius 2 is 1.89 bits per heavy atom. The normalized spacial score (nSPS) is 10.9. The maximum atomic E-state index is 11.7. The fourth-order valence-electron chi connectivity index (χ4n) is 1.38. The van der Waals surface area contributed by atoms with Crippen molar-refractivity contribution in [2.75, 3.05) is 13.7 Å². The molecule has 0 aromatic heterocycles. The quantitative estimate of drug-likeness (QED) is 0.844. The molecular weight excluding hydrogens is 230 g/mol. The van der Waals surface area contributed by atoms with Gasteiger partial charge in [-0.3, -0.25) is 4.79 Å². The second-order valence-corrected chi connectivity index (χ2v) is 4.73. The van der Waals surface area contributed by atoms with E-state index in [1.165, 1.54) is 0 Å². The van der Waals surface area contributed by atoms with Crippen LogP contribution in [0.4, 0.5) is 0 Å². The number of hydrogen-bond acceptors (Lipinski definition) is 3. The van der Waals surface area contributed by atoms with Crippen molar-refractivity contribution in [2.45, 2.75) is 32.7 Å². The molecule has 0 saturated heterocycles. The molecule has 0 radical (unpaired) electrons. The first-order valence-electron chi connectivity index (χ1n) is 6.05. The van der Waals surface area contributed by atoms with Gasteiger partial charge in [0.1, 0.15) is 0 Å². The van der Waals surface area contributed by atoms with Crippen LogP contribution < -0.4 is 14.8 Å². The lowest BCUT2D eigenvalue weighted by atomic mass is 10.0. The van der Waals surface area contributed by atoms with Crippen molar-refractivity contribution in [3.63, 3.8) is 0 Å². The number of rotatable bonds is 6. The monoisotopic (exact) mass is 251 g/mol. The minimum Gasteiger partial charge on any atom is -0.493 e. The highest BCUT2D eigenvalue weighted by Crippen LogP contribution is 2.25. The van der Waals surface area contributed by atoms with Crippen LogP contribution in [-0.4, -0.2) is 25.2 Å². The molecule has 1 rings (SSSR count). The van der Waals surface area contributed by atoms with Crippen LogP contribution in [0.25, 0.3) is 0 Å². The summed E-state index contributed by atoms with van der Waals surface area (Å²) in [5.41, 5.74) is -0.207. The summed E-state index contributed by atoms with van der Waals surface area (Å²) in [5.74, 6) is 1.07. The molecule has 100 valence electrons. The Kier molecular flexibility index (Phi) is 5.01. The molecule has 1 aromatic carbocycles. The zero-order valence-electron chi connectivity index (χ0n) is 11.4. The second-order valence-electron chi connectivity index (χ2n) is 4.73. The lowest BCUT2D eigenvalue weighted by Crippen LogP contribution is -2.44. The summed E-state index contributed by atoms with van der Waals surface area (Å²) in [6, 6.07) is 7.26. The van der Waals surface area contributed by atoms with Crippen LogP contribution in [0.1, 0.15) is 27.2 Å². The summed E-state index contributed by atoms with van der Waals surface area (Å²) in [4.78, 5) is 11.7. The zero-order chi connectivity index (χ0) is 13.6. The molecule has 0 aliphatic carbocycles. The lowest BCUT2D eigenvalue weighted by molar-refractivity contribution is -0.124. The van der Waals surface area contributed by atoms with Gasteiger partial charge in [-0.2, -0.15) is 0 Å². The molecule has 0 heterocycles. The van der Waals surface area contributed by atoms with E-state index in [0.29, 0.717) is 11.5 Å². The van der Waals surface area contributed by atoms with E-state index in [2.05, 4.69) is 5.32 Å². The Labute approximate surface area is 108 Å². The summed E-state index contributed by atoms with van der Waals surface area (Å²) < 4.78 is 10.6. The molecule has 0 unspecified atom stereocenters. The highest BCUT2D eigenvalue weighted by molar-refractivity contribution is 5.78. The van der Waals surface area contributed by atoms with Gasteiger partial charge in [0, 0.05) is 5.54 Å². The molecule has 18 heavy (non-hydrogen) atoms. The average Bonchev–Trinajstić information content (AvgIpc) is 2.36. The van der Waals surface area contributed by atoms with E-state index in [9.17, 15) is 4.79 Å². The van der Waals surface area contributed by atoms with Crippen molar-refractivity contribution in [3.05, 3.63) is 24.3 Å². The molecule has 0 atom stereocenters. The van der Waals surface area contributed by atoms with E-state index < -0.39 is 0 Å². The van der Waals surface area contributed by atoms with Crippen LogP contribution in [0.2, 0.25) is 0 Å². The Morgan fingerprint density at radius 3 is 2.44 bits per heavy atom. The van der Waals surface area contributed by atoms with E-state index in [-0.39, 0.29) is 18.1 Å². The Morgan fingerprint density at radius 1 is 1.28 bits per heavy atom. The Hall–Kier alpha value is -1.71. The molecule has 4 nitrogen and oxygen atoms in total. The summed E-state index contributed by atoms with van der Waals surface area (Å²) in [5, 5.41) is 2.91. The van der Waals surface area contributed by atoms with E-state index in [1.807, 2.05) is 32.9 Å². The predicted octanol–water partition coefficient (Wildman–Crippen LogP) is 2.38. The van der Waals surface area contributed by atoms with Crippen LogP contribution in [0.5, 0.6) is 11.5 Å². The molecule has 0 bridgehead atoms. The first-order chi connectivity index (χ1) is 8.48. The number of para-hydroxylation sites is 2. The first-order valence-corrected chi connectivity index (χ1v) is 6.05. The molecule has 0 aliphatic rings. The van der Waals surface area contributed by atoms with Gasteiger partial charge in [0.2, 0.25) is 0 Å². The van der Waals surface area contributed by atoms with Crippen LogP contribution in [-0.2, 0) is 4.79 Å². The maximum Gasteiger partial charge on any atom is 0.258 e. The fraction of sp³-hybridized carbons (Fsp3) is 0.500. The SMILES string of the molecule is CCC(C)(C)NC(=O)COc1ccccc1OC. The number of amides is 1. The third-order valence-electron chi connectivity index (χ3n) is 2.79. The van der Waals surface area contributed by atoms with Gasteiger partial charge in [0.15, 0.2) is 18.1 Å². The van der Waals surface area contributed by atoms with Gasteiger partial charge in [-0.15, -0.1) is 0 Å². The van der Waals surface area contributed by atoms with Crippen molar-refractivity contribution in [2.24, 2.45) is 0 Å². The van der Waals surface area contributed by atoms with Crippen molar-refractivity contribution >= 4 is 5.91 Å². The number of benzene rings is 1. The van der Waals surface area contributed by atoms with Crippen molar-refractivity contribution in [1.29, 1.82) is 0 Å². The summed E-state index contributed by atoms with van der Waals surface area (Å²) in [6.07, 6.45) is 0.868. The van der Waals surface area contributed by atoms with Gasteiger partial charge in [-0.25, -0.2) is 0 Å². The first kappa shape index (κ1) is 14.4. The van der Waals surface area contributed by atoms with Gasteiger partial charge in [-0.1, -0.05) is 19.1 Å². The van der Waals surface area contributed by atoms with E-state index in [1.54, 1.807) is 19.2 Å². The number of carbonyl (C=O) groups excluding carboxylic acids is 1. The van der Waals surface area contributed by atoms with Crippen LogP contribution >= 0.6 is 0 Å². The number of ether oxygens (including phenoxy) is 2. The summed E-state index contributed by atoms with van der Waals surface area (Å²) >= 11 is 0. The van der Waals surface area contributed by atoms with Crippen molar-refractivity contribution in [3.8, 4) is 11.5 Å². The van der Waals surface area contributed by atoms with E-state index in [0.717, 1.165) is 6.42 Å². The van der Waals surface area contributed by atoms with Gasteiger partial charge in [0.05, 0.1) is 7.11 Å². The highest BCUT2D eigenvalue weighted by Gasteiger charge is 2.18. The van der Waals surface area contributed by atoms with Gasteiger partial charge < -0.3 is 14.8 Å². The third-order valence-corrected chi connectivity index (χ3v) is 2.79. The van der Waals surface area contributed by atoms with Gasteiger partial charge in [0.25, 0.3) is 5.91 Å². The maximum absolute atomic E-state index is 11.7. The van der Waals surface area contributed by atoms with Crippen molar-refractivity contribution in [1.82, 2.24) is 5.32 Å². The minimum absolute atomic E-state index is 0.0101. The Bertz CT molecular complexity index is 402. The van der Waals surface area contributed by atoms with Crippen molar-refractivity contribution < 1.29 is 14.3 Å². The second kappa shape index (κ2) is 6.28. The summed E-state index contributed by atoms with van der Waals surface area (Å²) in [7, 11) is 1.57. The fourth-order valence-corrected chi connectivity index (χ4v) is 1.38. The van der Waals surface area contributed by atoms with Crippen LogP contribution in [0.3, 0.4) is 0 Å². The lowest BCUT2D eigenvalue weighted by Gasteiger charge is -2.24. The van der Waals surface area contributed by atoms with E-state index >= 15 is 0 Å². The predicted molar refractivity (Wildman–Crippen MR) is 71.0 cm³/mol. The number of carbonyl (C=O) groups is 1. The van der Waals surface area contributed by atoms with Crippen LogP contribution in [0, 0.1) is 0 Å². The van der Waals surface area contributed by atoms with Gasteiger partial charge >= 0.3 is 0 Å². The third kappa shape index (κ3) is 4.28. The number of nitrogens with one attached hydrogen (secondary N) is 1. The van der Waals surface area contributed by atoms with Crippen LogP contribution in [0.15, 0.2) is 24.3 Å². The molecule has 0 aliphatic heterocycles. The molecule has 1 aromatic rings. The highest BCUT2D eigenvalue weighted by atomic mass is 16.5. The molecule has 0 fully saturated rings. The molecule has 1 N–H and O–H groups in total. The Balaban J connectivity index is 2.52. The standard InChI is InChI=1S/C14H21NO3/c1-5-14(2,3)15-13(16)10-18-12-9-7-6-8-11(12)17-4/h6-9H,5,10H2,1-4H3,(H,15,16). The number of methoxy groups -OCH3 is 1. The average molecular weight is 251 g/mol. The smallest absolute Gasteiger partial charge is 0.258 e. The number of hydrogen-bond donors (Lipinski definition) is 1. The zero-order valence-corrected chi connectivity index (χ0v) is 11.4. The topological polar surface area (TPSA) is 47.6 Å². The van der Waals surface area contributed by atoms with E-state index in [4.69, 9.17) is 9.47 Å². The molecule has 4 heteroatoms. The molecule has 0 spiro atoms. The molecule has 1 amide bonds. The summed E-state index contributed by atoms with van der Waals surface area (Å²) in [6.45, 7) is 5.98. The molecular formula is C14H21NO3.